The molecule has 12 heteroatoms. The number of carbonyl (C=O) groups excluding carboxylic acids is 2. The number of halogens is 2. The number of amides is 2. The van der Waals surface area contributed by atoms with Gasteiger partial charge in [-0.25, -0.2) is 13.2 Å². The molecule has 2 fully saturated rings. The Morgan fingerprint density at radius 1 is 1.30 bits per heavy atom. The topological polar surface area (TPSA) is 105 Å². The van der Waals surface area contributed by atoms with Gasteiger partial charge in [-0.15, -0.1) is 0 Å². The highest BCUT2D eigenvalue weighted by atomic mass is 35.5. The molecule has 2 saturated heterocycles. The Kier molecular flexibility index (Phi) is 6.62. The highest BCUT2D eigenvalue weighted by molar-refractivity contribution is 8.16. The third-order valence-corrected chi connectivity index (χ3v) is 7.99. The second-order valence-electron chi connectivity index (χ2n) is 7.91. The summed E-state index contributed by atoms with van der Waals surface area (Å²) < 4.78 is 29.3. The van der Waals surface area contributed by atoms with Gasteiger partial charge in [-0.05, 0) is 39.0 Å². The molecule has 0 spiro atoms. The molecular formula is C18H21Cl2N3O5S2. The summed E-state index contributed by atoms with van der Waals surface area (Å²) in [5.74, 6) is -0.665. The molecule has 0 saturated carbocycles. The van der Waals surface area contributed by atoms with Gasteiger partial charge in [0.05, 0.1) is 28.3 Å². The van der Waals surface area contributed by atoms with Crippen molar-refractivity contribution in [2.75, 3.05) is 23.0 Å². The molecule has 2 heterocycles. The van der Waals surface area contributed by atoms with Crippen LogP contribution in [-0.4, -0.2) is 60.5 Å². The number of fused-ring (bicyclic) bond motifs is 1. The van der Waals surface area contributed by atoms with Crippen LogP contribution in [0.5, 0.6) is 0 Å². The lowest BCUT2D eigenvalue weighted by Crippen LogP contribution is -2.38. The first kappa shape index (κ1) is 23.2. The van der Waals surface area contributed by atoms with Crippen LogP contribution >= 0.6 is 35.0 Å². The number of thioether (sulfide) groups is 1. The van der Waals surface area contributed by atoms with Crippen molar-refractivity contribution in [3.8, 4) is 0 Å². The van der Waals surface area contributed by atoms with Gasteiger partial charge in [0.1, 0.15) is 12.1 Å². The molecule has 8 nitrogen and oxygen atoms in total. The number of hydrogen-bond donors (Lipinski definition) is 1. The summed E-state index contributed by atoms with van der Waals surface area (Å²) >= 11 is 13.5. The SMILES string of the molecule is CC(C)(C)OC(=O)NCC(=O)N=C1SC2CS(=O)(=O)CC2N1c1ccc(Cl)cc1Cl. The molecule has 0 bridgehead atoms. The van der Waals surface area contributed by atoms with Crippen LogP contribution < -0.4 is 10.2 Å². The van der Waals surface area contributed by atoms with Gasteiger partial charge in [-0.1, -0.05) is 35.0 Å². The van der Waals surface area contributed by atoms with Crippen LogP contribution in [0.15, 0.2) is 23.2 Å². The van der Waals surface area contributed by atoms with Crippen molar-refractivity contribution in [2.24, 2.45) is 4.99 Å². The summed E-state index contributed by atoms with van der Waals surface area (Å²) in [6.45, 7) is 4.79. The van der Waals surface area contributed by atoms with Gasteiger partial charge in [-0.2, -0.15) is 4.99 Å². The number of nitrogens with zero attached hydrogens (tertiary/aromatic N) is 2. The first-order chi connectivity index (χ1) is 13.8. The van der Waals surface area contributed by atoms with E-state index in [9.17, 15) is 18.0 Å². The van der Waals surface area contributed by atoms with E-state index in [2.05, 4.69) is 10.3 Å². The predicted molar refractivity (Wildman–Crippen MR) is 119 cm³/mol. The molecule has 164 valence electrons. The Hall–Kier alpha value is -1.49. The first-order valence-electron chi connectivity index (χ1n) is 9.04. The maximum absolute atomic E-state index is 12.4. The zero-order valence-corrected chi connectivity index (χ0v) is 19.7. The number of sulfone groups is 1. The lowest BCUT2D eigenvalue weighted by Gasteiger charge is -2.25. The minimum absolute atomic E-state index is 0.00654. The molecule has 2 atom stereocenters. The molecule has 0 aliphatic carbocycles. The largest absolute Gasteiger partial charge is 0.444 e. The van der Waals surface area contributed by atoms with Crippen molar-refractivity contribution in [3.63, 3.8) is 0 Å². The molecule has 2 aliphatic rings. The number of ether oxygens (including phenoxy) is 1. The summed E-state index contributed by atoms with van der Waals surface area (Å²) in [7, 11) is -3.20. The Balaban J connectivity index is 1.82. The Bertz CT molecular complexity index is 1010. The van der Waals surface area contributed by atoms with E-state index in [-0.39, 0.29) is 23.3 Å². The molecule has 30 heavy (non-hydrogen) atoms. The lowest BCUT2D eigenvalue weighted by atomic mass is 10.2. The number of amidine groups is 1. The molecule has 2 amide bonds. The predicted octanol–water partition coefficient (Wildman–Crippen LogP) is 3.12. The van der Waals surface area contributed by atoms with E-state index in [1.807, 2.05) is 0 Å². The van der Waals surface area contributed by atoms with Gasteiger partial charge in [0, 0.05) is 10.3 Å². The average Bonchev–Trinajstić information content (AvgIpc) is 3.03. The fraction of sp³-hybridized carbons (Fsp3) is 0.500. The van der Waals surface area contributed by atoms with Crippen molar-refractivity contribution < 1.29 is 22.7 Å². The van der Waals surface area contributed by atoms with E-state index in [1.54, 1.807) is 43.9 Å². The summed E-state index contributed by atoms with van der Waals surface area (Å²) in [6.07, 6.45) is -0.726. The summed E-state index contributed by atoms with van der Waals surface area (Å²) in [5.41, 5.74) is -0.171. The molecule has 3 rings (SSSR count). The number of benzene rings is 1. The van der Waals surface area contributed by atoms with E-state index >= 15 is 0 Å². The van der Waals surface area contributed by atoms with Crippen LogP contribution in [0.1, 0.15) is 20.8 Å². The fourth-order valence-corrected chi connectivity index (χ4v) is 7.55. The monoisotopic (exact) mass is 493 g/mol. The maximum atomic E-state index is 12.4. The second kappa shape index (κ2) is 8.57. The highest BCUT2D eigenvalue weighted by Crippen LogP contribution is 2.43. The number of alkyl carbamates (subject to hydrolysis) is 1. The van der Waals surface area contributed by atoms with Gasteiger partial charge in [0.15, 0.2) is 15.0 Å². The van der Waals surface area contributed by atoms with Crippen LogP contribution in [0.4, 0.5) is 10.5 Å². The minimum atomic E-state index is -3.20. The van der Waals surface area contributed by atoms with Crippen LogP contribution in [0.25, 0.3) is 0 Å². The number of rotatable bonds is 3. The third kappa shape index (κ3) is 5.60. The van der Waals surface area contributed by atoms with Crippen LogP contribution in [-0.2, 0) is 19.4 Å². The van der Waals surface area contributed by atoms with E-state index in [1.165, 1.54) is 11.8 Å². The van der Waals surface area contributed by atoms with Crippen molar-refractivity contribution in [2.45, 2.75) is 37.7 Å². The van der Waals surface area contributed by atoms with Crippen molar-refractivity contribution >= 4 is 67.7 Å². The number of nitrogens with one attached hydrogen (secondary N) is 1. The van der Waals surface area contributed by atoms with Crippen molar-refractivity contribution in [1.82, 2.24) is 5.32 Å². The Morgan fingerprint density at radius 2 is 2.00 bits per heavy atom. The number of carbonyl (C=O) groups is 2. The minimum Gasteiger partial charge on any atom is -0.444 e. The average molecular weight is 494 g/mol. The van der Waals surface area contributed by atoms with Gasteiger partial charge in [0.25, 0.3) is 5.91 Å². The fourth-order valence-electron chi connectivity index (χ4n) is 3.13. The summed E-state index contributed by atoms with van der Waals surface area (Å²) in [6, 6.07) is 4.44. The van der Waals surface area contributed by atoms with E-state index in [0.29, 0.717) is 20.9 Å². The maximum Gasteiger partial charge on any atom is 0.408 e. The van der Waals surface area contributed by atoms with Crippen LogP contribution in [0, 0.1) is 0 Å². The first-order valence-corrected chi connectivity index (χ1v) is 12.5. The third-order valence-electron chi connectivity index (χ3n) is 4.24. The Labute approximate surface area is 189 Å². The number of aliphatic imine (C=N–C) groups is 1. The van der Waals surface area contributed by atoms with Gasteiger partial charge in [-0.3, -0.25) is 4.79 Å². The molecule has 1 aromatic carbocycles. The highest BCUT2D eigenvalue weighted by Gasteiger charge is 2.49. The second-order valence-corrected chi connectivity index (χ2v) is 12.1. The Morgan fingerprint density at radius 3 is 2.63 bits per heavy atom. The lowest BCUT2D eigenvalue weighted by molar-refractivity contribution is -0.117. The normalized spacial score (nSPS) is 24.0. The molecule has 1 N–H and O–H groups in total. The quantitative estimate of drug-likeness (QED) is 0.689. The molecule has 0 radical (unpaired) electrons. The van der Waals surface area contributed by atoms with Gasteiger partial charge < -0.3 is 15.0 Å². The summed E-state index contributed by atoms with van der Waals surface area (Å²) in [5, 5.41) is 3.18. The standard InChI is InChI=1S/C18H21Cl2N3O5S2/c1-18(2,3)28-17(25)21-7-15(24)22-16-23(12-5-4-10(19)6-11(12)20)13-8-30(26,27)9-14(13)29-16/h4-6,13-14H,7-9H2,1-3H3,(H,21,25). The van der Waals surface area contributed by atoms with Crippen molar-refractivity contribution in [3.05, 3.63) is 28.2 Å². The zero-order chi connectivity index (χ0) is 22.3. The van der Waals surface area contributed by atoms with Crippen LogP contribution in [0.3, 0.4) is 0 Å². The van der Waals surface area contributed by atoms with E-state index in [0.717, 1.165) is 0 Å². The van der Waals surface area contributed by atoms with Crippen LogP contribution in [0.2, 0.25) is 10.0 Å². The zero-order valence-electron chi connectivity index (χ0n) is 16.5. The molecule has 2 unspecified atom stereocenters. The number of anilines is 1. The molecule has 2 aliphatic heterocycles. The van der Waals surface area contributed by atoms with Gasteiger partial charge in [0.2, 0.25) is 0 Å². The molecule has 1 aromatic rings. The summed E-state index contributed by atoms with van der Waals surface area (Å²) in [4.78, 5) is 29.9. The van der Waals surface area contributed by atoms with E-state index < -0.39 is 33.5 Å². The molecular weight excluding hydrogens is 473 g/mol. The van der Waals surface area contributed by atoms with E-state index in [4.69, 9.17) is 27.9 Å². The van der Waals surface area contributed by atoms with Crippen molar-refractivity contribution in [1.29, 1.82) is 0 Å². The smallest absolute Gasteiger partial charge is 0.408 e. The number of hydrogen-bond acceptors (Lipinski definition) is 6. The molecule has 0 aromatic heterocycles. The van der Waals surface area contributed by atoms with Gasteiger partial charge >= 0.3 is 6.09 Å².